The SMILES string of the molecule is C=C[C@@H](C)[C@H](C)NC(=O)OCc1ccccc1. The Balaban J connectivity index is 2.33. The van der Waals surface area contributed by atoms with E-state index < -0.39 is 6.09 Å². The lowest BCUT2D eigenvalue weighted by atomic mass is 10.1. The second-order valence-electron chi connectivity index (χ2n) is 4.09. The first-order valence-electron chi connectivity index (χ1n) is 5.73. The van der Waals surface area contributed by atoms with Gasteiger partial charge in [0.1, 0.15) is 6.61 Å². The second-order valence-corrected chi connectivity index (χ2v) is 4.09. The van der Waals surface area contributed by atoms with Crippen molar-refractivity contribution in [2.45, 2.75) is 26.5 Å². The van der Waals surface area contributed by atoms with Crippen LogP contribution in [0.25, 0.3) is 0 Å². The molecular formula is C14H19NO2. The van der Waals surface area contributed by atoms with Gasteiger partial charge in [-0.25, -0.2) is 4.79 Å². The second kappa shape index (κ2) is 6.74. The Morgan fingerprint density at radius 3 is 2.65 bits per heavy atom. The van der Waals surface area contributed by atoms with Crippen LogP contribution in [0.2, 0.25) is 0 Å². The van der Waals surface area contributed by atoms with E-state index >= 15 is 0 Å². The van der Waals surface area contributed by atoms with E-state index in [9.17, 15) is 4.79 Å². The first-order chi connectivity index (χ1) is 8.13. The van der Waals surface area contributed by atoms with Crippen molar-refractivity contribution in [2.75, 3.05) is 0 Å². The van der Waals surface area contributed by atoms with E-state index in [1.807, 2.05) is 50.3 Å². The van der Waals surface area contributed by atoms with E-state index in [4.69, 9.17) is 4.74 Å². The maximum Gasteiger partial charge on any atom is 0.407 e. The van der Waals surface area contributed by atoms with Gasteiger partial charge in [-0.05, 0) is 18.4 Å². The summed E-state index contributed by atoms with van der Waals surface area (Å²) in [5.41, 5.74) is 0.979. The van der Waals surface area contributed by atoms with Crippen molar-refractivity contribution >= 4 is 6.09 Å². The number of alkyl carbamates (subject to hydrolysis) is 1. The molecule has 3 nitrogen and oxygen atoms in total. The smallest absolute Gasteiger partial charge is 0.407 e. The first-order valence-corrected chi connectivity index (χ1v) is 5.73. The van der Waals surface area contributed by atoms with Crippen LogP contribution in [0, 0.1) is 5.92 Å². The Labute approximate surface area is 102 Å². The van der Waals surface area contributed by atoms with Crippen LogP contribution in [0.15, 0.2) is 43.0 Å². The average molecular weight is 233 g/mol. The number of hydrogen-bond acceptors (Lipinski definition) is 2. The lowest BCUT2D eigenvalue weighted by molar-refractivity contribution is 0.134. The molecule has 0 saturated carbocycles. The van der Waals surface area contributed by atoms with E-state index in [1.165, 1.54) is 0 Å². The highest BCUT2D eigenvalue weighted by atomic mass is 16.5. The van der Waals surface area contributed by atoms with Gasteiger partial charge in [-0.15, -0.1) is 6.58 Å². The molecule has 1 N–H and O–H groups in total. The molecule has 0 aliphatic heterocycles. The van der Waals surface area contributed by atoms with E-state index in [0.717, 1.165) is 5.56 Å². The topological polar surface area (TPSA) is 38.3 Å². The maximum absolute atomic E-state index is 11.5. The molecule has 0 heterocycles. The molecule has 0 aliphatic rings. The van der Waals surface area contributed by atoms with E-state index in [1.54, 1.807) is 0 Å². The number of amides is 1. The molecule has 1 aromatic rings. The zero-order valence-electron chi connectivity index (χ0n) is 10.3. The molecule has 1 rings (SSSR count). The van der Waals surface area contributed by atoms with Crippen LogP contribution in [0.5, 0.6) is 0 Å². The zero-order valence-corrected chi connectivity index (χ0v) is 10.3. The van der Waals surface area contributed by atoms with Gasteiger partial charge in [0.25, 0.3) is 0 Å². The summed E-state index contributed by atoms with van der Waals surface area (Å²) in [6.45, 7) is 7.91. The summed E-state index contributed by atoms with van der Waals surface area (Å²) in [5, 5.41) is 2.77. The van der Waals surface area contributed by atoms with Crippen LogP contribution in [0.4, 0.5) is 4.79 Å². The minimum absolute atomic E-state index is 0.0239. The summed E-state index contributed by atoms with van der Waals surface area (Å²) in [6.07, 6.45) is 1.41. The summed E-state index contributed by atoms with van der Waals surface area (Å²) >= 11 is 0. The molecule has 0 radical (unpaired) electrons. The van der Waals surface area contributed by atoms with Crippen LogP contribution < -0.4 is 5.32 Å². The summed E-state index contributed by atoms with van der Waals surface area (Å²) in [6, 6.07) is 9.62. The summed E-state index contributed by atoms with van der Waals surface area (Å²) < 4.78 is 5.11. The third kappa shape index (κ3) is 4.72. The molecule has 0 unspecified atom stereocenters. The van der Waals surface area contributed by atoms with Crippen LogP contribution in [0.3, 0.4) is 0 Å². The lowest BCUT2D eigenvalue weighted by Crippen LogP contribution is -2.36. The first kappa shape index (κ1) is 13.3. The van der Waals surface area contributed by atoms with Crippen molar-refractivity contribution in [3.05, 3.63) is 48.6 Å². The minimum atomic E-state index is -0.393. The molecular weight excluding hydrogens is 214 g/mol. The Hall–Kier alpha value is -1.77. The van der Waals surface area contributed by atoms with Gasteiger partial charge in [-0.2, -0.15) is 0 Å². The Bertz CT molecular complexity index is 362. The highest BCUT2D eigenvalue weighted by molar-refractivity contribution is 5.67. The average Bonchev–Trinajstić information content (AvgIpc) is 2.36. The van der Waals surface area contributed by atoms with E-state index in [0.29, 0.717) is 6.61 Å². The highest BCUT2D eigenvalue weighted by Crippen LogP contribution is 2.04. The standard InChI is InChI=1S/C14H19NO2/c1-4-11(2)12(3)15-14(16)17-10-13-8-6-5-7-9-13/h4-9,11-12H,1,10H2,2-3H3,(H,15,16)/t11-,12+/m1/s1. The van der Waals surface area contributed by atoms with Crippen LogP contribution in [-0.2, 0) is 11.3 Å². The fraction of sp³-hybridized carbons (Fsp3) is 0.357. The van der Waals surface area contributed by atoms with Crippen molar-refractivity contribution < 1.29 is 9.53 Å². The van der Waals surface area contributed by atoms with Gasteiger partial charge in [0.15, 0.2) is 0 Å². The summed E-state index contributed by atoms with van der Waals surface area (Å²) in [5.74, 6) is 0.222. The number of nitrogens with one attached hydrogen (secondary N) is 1. The highest BCUT2D eigenvalue weighted by Gasteiger charge is 2.12. The molecule has 0 saturated heterocycles. The Kier molecular flexibility index (Phi) is 5.27. The molecule has 3 heteroatoms. The number of benzene rings is 1. The Morgan fingerprint density at radius 2 is 2.06 bits per heavy atom. The van der Waals surface area contributed by atoms with Gasteiger partial charge < -0.3 is 10.1 Å². The fourth-order valence-corrected chi connectivity index (χ4v) is 1.29. The predicted octanol–water partition coefficient (Wildman–Crippen LogP) is 3.12. The van der Waals surface area contributed by atoms with Crippen molar-refractivity contribution in [3.8, 4) is 0 Å². The minimum Gasteiger partial charge on any atom is -0.445 e. The Morgan fingerprint density at radius 1 is 1.41 bits per heavy atom. The number of rotatable bonds is 5. The largest absolute Gasteiger partial charge is 0.445 e. The molecule has 0 aliphatic carbocycles. The zero-order chi connectivity index (χ0) is 12.7. The molecule has 1 amide bonds. The normalized spacial score (nSPS) is 13.5. The van der Waals surface area contributed by atoms with Crippen LogP contribution in [0.1, 0.15) is 19.4 Å². The molecule has 0 bridgehead atoms. The maximum atomic E-state index is 11.5. The van der Waals surface area contributed by atoms with Gasteiger partial charge in [0.2, 0.25) is 0 Å². The fourth-order valence-electron chi connectivity index (χ4n) is 1.29. The van der Waals surface area contributed by atoms with Crippen molar-refractivity contribution in [3.63, 3.8) is 0 Å². The third-order valence-corrected chi connectivity index (χ3v) is 2.72. The van der Waals surface area contributed by atoms with Gasteiger partial charge in [-0.3, -0.25) is 0 Å². The molecule has 92 valence electrons. The number of ether oxygens (including phenoxy) is 1. The van der Waals surface area contributed by atoms with Gasteiger partial charge in [-0.1, -0.05) is 43.3 Å². The van der Waals surface area contributed by atoms with Crippen molar-refractivity contribution in [1.82, 2.24) is 5.32 Å². The number of carbonyl (C=O) groups excluding carboxylic acids is 1. The molecule has 0 aromatic heterocycles. The molecule has 1 aromatic carbocycles. The predicted molar refractivity (Wildman–Crippen MR) is 68.6 cm³/mol. The molecule has 17 heavy (non-hydrogen) atoms. The molecule has 0 fully saturated rings. The van der Waals surface area contributed by atoms with Gasteiger partial charge in [0, 0.05) is 6.04 Å². The van der Waals surface area contributed by atoms with Gasteiger partial charge >= 0.3 is 6.09 Å². The van der Waals surface area contributed by atoms with Crippen molar-refractivity contribution in [1.29, 1.82) is 0 Å². The van der Waals surface area contributed by atoms with E-state index in [2.05, 4.69) is 11.9 Å². The summed E-state index contributed by atoms with van der Waals surface area (Å²) in [7, 11) is 0. The monoisotopic (exact) mass is 233 g/mol. The third-order valence-electron chi connectivity index (χ3n) is 2.72. The van der Waals surface area contributed by atoms with Crippen molar-refractivity contribution in [2.24, 2.45) is 5.92 Å². The van der Waals surface area contributed by atoms with Crippen LogP contribution in [-0.4, -0.2) is 12.1 Å². The lowest BCUT2D eigenvalue weighted by Gasteiger charge is -2.17. The molecule has 2 atom stereocenters. The number of carbonyl (C=O) groups is 1. The quantitative estimate of drug-likeness (QED) is 0.793. The van der Waals surface area contributed by atoms with Crippen LogP contribution >= 0.6 is 0 Å². The van der Waals surface area contributed by atoms with Gasteiger partial charge in [0.05, 0.1) is 0 Å². The van der Waals surface area contributed by atoms with E-state index in [-0.39, 0.29) is 12.0 Å². The summed E-state index contributed by atoms with van der Waals surface area (Å²) in [4.78, 5) is 11.5. The molecule has 0 spiro atoms. The number of hydrogen-bond donors (Lipinski definition) is 1.